The maximum Gasteiger partial charge on any atom is 0.408 e. The van der Waals surface area contributed by atoms with Crippen LogP contribution in [0.5, 0.6) is 34.9 Å². The molecule has 6 aliphatic heterocycles. The van der Waals surface area contributed by atoms with Crippen LogP contribution in [0.15, 0.2) is 54.6 Å². The minimum absolute atomic E-state index is 0. The number of methoxy groups -OCH3 is 3. The van der Waals surface area contributed by atoms with Crippen LogP contribution in [0.2, 0.25) is 0 Å². The van der Waals surface area contributed by atoms with Gasteiger partial charge >= 0.3 is 18.3 Å². The summed E-state index contributed by atoms with van der Waals surface area (Å²) in [6, 6.07) is 8.08. The number of hydrogen-bond donors (Lipinski definition) is 3. The van der Waals surface area contributed by atoms with Gasteiger partial charge in [-0.3, -0.25) is 14.4 Å². The van der Waals surface area contributed by atoms with Gasteiger partial charge in [-0.2, -0.15) is 17.6 Å². The molecule has 24 atom stereocenters. The SMILES string of the molecule is CC[C@@H]1[C@@H]2CN(C(=O)[C@H](C(C)(C)C)NC(=O)O[C@@H]3CC4C([C@H]3CCCCC(F)(F)c3nc5ccc(OC)cc5nc3O2)C4(F)F)[C@@H]1[C-]=O.COc1ccc2nc3c(nc2c1)O[C@H]1CN(C(=O)[C@H](C(C)(C)C)NC(=O)O[C@@H]2CC4C([C@H]2CCCCC3(F)F)C4(F)F)[C@H]([C-]=O)[C@@H]1C.COc1ccc2nc3c(nc2c1)O[C@H]1CN(C(=O)[C@H](C(C)(C)C)NC(=O)O[C@@H]2CC4C([C@H]2CCCCC3)C4(F)F)[C@H]([C-]=O)[C@@H]1C.[V].[V].[W]. The van der Waals surface area contributed by atoms with Gasteiger partial charge in [-0.05, 0) is 135 Å². The van der Waals surface area contributed by atoms with E-state index in [-0.39, 0.29) is 158 Å². The van der Waals surface area contributed by atoms with Crippen molar-refractivity contribution in [2.75, 3.05) is 41.0 Å². The van der Waals surface area contributed by atoms with E-state index in [2.05, 4.69) is 35.9 Å². The van der Waals surface area contributed by atoms with Crippen molar-refractivity contribution < 1.29 is 188 Å². The quantitative estimate of drug-likeness (QED) is 0.0759. The monoisotopic (exact) mass is 2250 g/mol. The third-order valence-electron chi connectivity index (χ3n) is 30.9. The molecule has 9 heterocycles. The van der Waals surface area contributed by atoms with Gasteiger partial charge in [-0.15, -0.1) is 0 Å². The summed E-state index contributed by atoms with van der Waals surface area (Å²) in [5.74, 6) is -25.5. The van der Waals surface area contributed by atoms with Gasteiger partial charge < -0.3 is 87.7 Å². The molecule has 6 bridgehead atoms. The first kappa shape index (κ1) is 111. The fourth-order valence-corrected chi connectivity index (χ4v) is 22.9. The summed E-state index contributed by atoms with van der Waals surface area (Å²) in [7, 11) is 4.48. The van der Waals surface area contributed by atoms with Crippen LogP contribution in [0, 0.1) is 87.3 Å². The van der Waals surface area contributed by atoms with Gasteiger partial charge in [0.05, 0.1) is 74.1 Å². The van der Waals surface area contributed by atoms with Crippen LogP contribution in [0.4, 0.5) is 58.3 Å². The molecule has 6 saturated carbocycles. The number of ether oxygens (including phenoxy) is 9. The first-order valence-electron chi connectivity index (χ1n) is 48.4. The molecule has 3 aromatic carbocycles. The van der Waals surface area contributed by atoms with Crippen molar-refractivity contribution in [2.45, 2.75) is 295 Å². The van der Waals surface area contributed by atoms with Gasteiger partial charge in [-0.25, -0.2) is 89.5 Å². The minimum atomic E-state index is -3.53. The molecule has 6 aromatic rings. The van der Waals surface area contributed by atoms with E-state index in [1.807, 2.05) is 37.9 Å². The van der Waals surface area contributed by atoms with Crippen LogP contribution in [-0.2, 0) is 119 Å². The van der Waals surface area contributed by atoms with Crippen LogP contribution in [0.1, 0.15) is 203 Å². The minimum Gasteiger partial charge on any atom is -0.540 e. The third-order valence-corrected chi connectivity index (χ3v) is 30.9. The van der Waals surface area contributed by atoms with Crippen LogP contribution >= 0.6 is 0 Å². The normalized spacial score (nSPS) is 32.7. The van der Waals surface area contributed by atoms with Gasteiger partial charge in [0.2, 0.25) is 35.4 Å². The van der Waals surface area contributed by atoms with Gasteiger partial charge in [0.15, 0.2) is 11.4 Å². The predicted octanol–water partition coefficient (Wildman–Crippen LogP) is 16.1. The van der Waals surface area contributed by atoms with Crippen LogP contribution in [-0.4, -0.2) is 231 Å². The fraction of sp³-hybridized carbons (Fsp3) is 0.670. The van der Waals surface area contributed by atoms with E-state index in [9.17, 15) is 69.5 Å². The van der Waals surface area contributed by atoms with E-state index in [4.69, 9.17) is 52.6 Å². The number of carbonyl (C=O) groups excluding carboxylic acids is 9. The molecular formula is C100H121F10N12O18V2W-3. The molecule has 12 aliphatic rings. The number of nitrogens with zero attached hydrogens (tertiary/aromatic N) is 9. The largest absolute Gasteiger partial charge is 0.540 e. The summed E-state index contributed by atoms with van der Waals surface area (Å²) < 4.78 is 203. The second kappa shape index (κ2) is 42.6. The van der Waals surface area contributed by atoms with Gasteiger partial charge in [0, 0.05) is 142 Å². The zero-order valence-electron chi connectivity index (χ0n) is 82.2. The first-order valence-corrected chi connectivity index (χ1v) is 48.4. The molecule has 18 rings (SSSR count). The summed E-state index contributed by atoms with van der Waals surface area (Å²) >= 11 is 0. The van der Waals surface area contributed by atoms with Crippen molar-refractivity contribution in [1.29, 1.82) is 0 Å². The Hall–Kier alpha value is -9.13. The van der Waals surface area contributed by atoms with E-state index in [0.717, 1.165) is 12.8 Å². The van der Waals surface area contributed by atoms with Crippen molar-refractivity contribution in [1.82, 2.24) is 60.6 Å². The number of fused-ring (bicyclic) bond motifs is 21. The smallest absolute Gasteiger partial charge is 0.408 e. The fourth-order valence-electron chi connectivity index (χ4n) is 22.9. The zero-order valence-corrected chi connectivity index (χ0v) is 87.9. The Kier molecular flexibility index (Phi) is 33.1. The zero-order chi connectivity index (χ0) is 101. The Labute approximate surface area is 860 Å². The molecule has 6 aliphatic carbocycles. The van der Waals surface area contributed by atoms with Crippen LogP contribution in [0.25, 0.3) is 33.1 Å². The van der Waals surface area contributed by atoms with Crippen LogP contribution in [0.3, 0.4) is 0 Å². The Bertz CT molecular complexity index is 5730. The van der Waals surface area contributed by atoms with Crippen molar-refractivity contribution in [3.8, 4) is 34.9 Å². The third kappa shape index (κ3) is 22.2. The number of alkyl carbamates (subject to hydrolysis) is 3. The number of rotatable bonds is 7. The van der Waals surface area contributed by atoms with E-state index in [1.165, 1.54) is 53.2 Å². The van der Waals surface area contributed by atoms with E-state index in [1.54, 1.807) is 101 Å². The molecule has 2 radical (unpaired) electrons. The van der Waals surface area contributed by atoms with Crippen molar-refractivity contribution in [3.05, 3.63) is 71.7 Å². The summed E-state index contributed by atoms with van der Waals surface area (Å²) in [6.45, 7) is 20.7. The summed E-state index contributed by atoms with van der Waals surface area (Å²) in [5, 5.41) is 8.00. The molecule has 9 fully saturated rings. The van der Waals surface area contributed by atoms with Crippen LogP contribution < -0.4 is 44.4 Å². The molecular weight excluding hydrogens is 2130 g/mol. The number of nitrogens with one attached hydrogen (secondary N) is 3. The van der Waals surface area contributed by atoms with E-state index >= 15 is 17.6 Å². The predicted molar refractivity (Wildman–Crippen MR) is 484 cm³/mol. The summed E-state index contributed by atoms with van der Waals surface area (Å²) in [4.78, 5) is 150. The Morgan fingerprint density at radius 3 is 1.06 bits per heavy atom. The Balaban J connectivity index is 0.000000178. The second-order valence-corrected chi connectivity index (χ2v) is 43.0. The molecule has 3 saturated heterocycles. The number of alkyl halides is 10. The number of amides is 6. The van der Waals surface area contributed by atoms with Gasteiger partial charge in [0.25, 0.3) is 29.6 Å². The number of aryl methyl sites for hydroxylation is 1. The molecule has 30 nitrogen and oxygen atoms in total. The molecule has 3 N–H and O–H groups in total. The molecule has 6 amide bonds. The Morgan fingerprint density at radius 2 is 0.720 bits per heavy atom. The van der Waals surface area contributed by atoms with Gasteiger partial charge in [0.1, 0.15) is 77.7 Å². The average molecular weight is 2250 g/mol. The summed E-state index contributed by atoms with van der Waals surface area (Å²) in [6.07, 6.45) is 1.18. The standard InChI is InChI=1S/C34H41F4N4O6.C33H39F4N4O6.C33H41F2N4O6.2V.W/c1-6-18-23(16-43)42-15-25(18)47-29-27(39-21-11-10-17(46-5)13-22(21)40-29)33(35,36)12-8-7-9-19-24(14-20-26(19)34(20,37)38)48-31(45)41-28(30(42)44)32(2,3)4;1-16-22(15-42)41-14-24(16)46-28-26(38-20-10-9-17(45-5)12-21(20)39-28)32(34,35)11-7-6-8-18-23(13-19-25(18)33(19,36)37)47-30(44)40-27(29(41)43)31(2,3)4;1-17-24(16-40)39-15-26(17)44-29-22(36-21-12-11-18(43-5)13-23(21)37-29)10-8-6-7-9-19-25(14-20-27(19)33(20,34)35)45-31(42)38-28(30(39)41)32(2,3)4;;;/h10-11,13,18-20,23-26,28H,6-9,12,14-15H2,1-5H3,(H,41,45);9-10,12,16,18-19,22-25,27H,6-8,11,13-14H2,1-5H3,(H,40,44);11-13,17,19-20,24-28H,6-10,14-15H2,1-5H3,(H,38,42);;;/q3*-1;;;/t18-,19-,20?,23+,24+,25-,26?,28+;16-,18-,19?,22+,23+,24-,25?,27+;17-,19-,20?,24+,25+,26-,27?,28+;;;/m000.../s1. The molecule has 778 valence electrons. The van der Waals surface area contributed by atoms with Gasteiger partial charge in [-0.1, -0.05) is 133 Å². The molecule has 3 aromatic heterocycles. The van der Waals surface area contributed by atoms with Crippen molar-refractivity contribution in [2.24, 2.45) is 87.3 Å². The molecule has 0 spiro atoms. The second-order valence-electron chi connectivity index (χ2n) is 43.0. The maximum atomic E-state index is 16.1. The molecule has 143 heavy (non-hydrogen) atoms. The number of benzene rings is 3. The number of carbonyl (C=O) groups is 6. The summed E-state index contributed by atoms with van der Waals surface area (Å²) in [5.41, 5.74) is -1.13. The molecule has 6 unspecified atom stereocenters. The van der Waals surface area contributed by atoms with E-state index in [0.29, 0.717) is 65.5 Å². The average Bonchev–Trinajstić information content (AvgIpc) is 1.54. The van der Waals surface area contributed by atoms with Crippen molar-refractivity contribution >= 4 is 88.0 Å². The topological polar surface area (TPSA) is 360 Å². The maximum absolute atomic E-state index is 16.1. The molecule has 43 heteroatoms. The van der Waals surface area contributed by atoms with Crippen molar-refractivity contribution in [3.63, 3.8) is 0 Å². The number of hydrogen-bond acceptors (Lipinski definition) is 24. The number of halogens is 10. The number of aromatic nitrogens is 6. The van der Waals surface area contributed by atoms with E-state index < -0.39 is 262 Å². The Morgan fingerprint density at radius 1 is 0.406 bits per heavy atom. The first-order chi connectivity index (χ1) is 66.0.